The fraction of sp³-hybridized carbons (Fsp3) is 0.615. The van der Waals surface area contributed by atoms with Gasteiger partial charge in [0.05, 0.1) is 23.4 Å². The van der Waals surface area contributed by atoms with Crippen LogP contribution in [0.4, 0.5) is 13.6 Å². The molecule has 3 fully saturated rings. The maximum absolute atomic E-state index is 14.7. The summed E-state index contributed by atoms with van der Waals surface area (Å²) in [5, 5.41) is 6.26. The van der Waals surface area contributed by atoms with Gasteiger partial charge in [-0.2, -0.15) is 0 Å². The minimum atomic E-state index is -4.05. The Kier molecular flexibility index (Phi) is 10.6. The van der Waals surface area contributed by atoms with E-state index < -0.39 is 79.8 Å². The van der Waals surface area contributed by atoms with Crippen molar-refractivity contribution >= 4 is 44.7 Å². The van der Waals surface area contributed by atoms with Gasteiger partial charge in [0.1, 0.15) is 28.9 Å². The smallest absolute Gasteiger partial charge is 0.407 e. The van der Waals surface area contributed by atoms with Crippen molar-refractivity contribution in [1.82, 2.24) is 25.2 Å². The Bertz CT molecular complexity index is 2010. The second kappa shape index (κ2) is 15.0. The van der Waals surface area contributed by atoms with E-state index in [1.807, 2.05) is 19.1 Å². The van der Waals surface area contributed by atoms with Gasteiger partial charge in [-0.3, -0.25) is 19.1 Å². The third-order valence-electron chi connectivity index (χ3n) is 12.1. The number of alkyl halides is 2. The van der Waals surface area contributed by atoms with Crippen LogP contribution < -0.4 is 20.1 Å². The van der Waals surface area contributed by atoms with Crippen molar-refractivity contribution < 1.29 is 45.9 Å². The molecule has 3 N–H and O–H groups in total. The fourth-order valence-corrected chi connectivity index (χ4v) is 9.72. The molecule has 1 aromatic carbocycles. The quantitative estimate of drug-likeness (QED) is 0.322. The number of fused-ring (bicyclic) bond motifs is 5. The number of para-hydroxylation sites is 1. The molecule has 5 unspecified atom stereocenters. The molecule has 298 valence electrons. The molecule has 5 aliphatic rings. The van der Waals surface area contributed by atoms with Crippen molar-refractivity contribution in [3.05, 3.63) is 47.7 Å². The number of alkyl carbamates (subject to hydrolysis) is 1. The molecule has 55 heavy (non-hydrogen) atoms. The van der Waals surface area contributed by atoms with Gasteiger partial charge in [-0.05, 0) is 77.2 Å². The van der Waals surface area contributed by atoms with Crippen LogP contribution in [0, 0.1) is 5.92 Å². The lowest BCUT2D eigenvalue weighted by atomic mass is 9.65. The molecule has 1 saturated heterocycles. The van der Waals surface area contributed by atoms with E-state index in [1.165, 1.54) is 4.90 Å². The number of allylic oxidation sites excluding steroid dienone is 1. The van der Waals surface area contributed by atoms with E-state index in [-0.39, 0.29) is 44.6 Å². The largest absolute Gasteiger partial charge is 0.483 e. The Labute approximate surface area is 319 Å². The minimum absolute atomic E-state index is 0.0767. The standard InChI is InChI=1S/C39H49F2N5O8S/c1-3-21-53-36(50)43-28-14-8-6-4-5-7-11-24-15-18-39(24,35(49)45-55(51,52)37(2)19-20-37)44-33(47)29-22-38(23-46(29)34(28)48)17-16-26-25-12-9-10-13-27(25)42-30(32(40)41)31(26)54-38/h7,9-13,24,28-29,32H,3-6,8,14-23H2,1-2H3,(H,43,50)(H,44,47)(H,45,49). The van der Waals surface area contributed by atoms with E-state index in [1.54, 1.807) is 31.2 Å². The number of hydrogen-bond acceptors (Lipinski definition) is 9. The number of sulfonamides is 1. The van der Waals surface area contributed by atoms with Gasteiger partial charge in [0, 0.05) is 23.3 Å². The van der Waals surface area contributed by atoms with Gasteiger partial charge >= 0.3 is 6.09 Å². The summed E-state index contributed by atoms with van der Waals surface area (Å²) >= 11 is 0. The van der Waals surface area contributed by atoms with Crippen LogP contribution in [-0.4, -0.2) is 83.2 Å². The summed E-state index contributed by atoms with van der Waals surface area (Å²) in [7, 11) is -4.05. The van der Waals surface area contributed by atoms with Gasteiger partial charge in [0.2, 0.25) is 21.8 Å². The first-order chi connectivity index (χ1) is 26.2. The lowest BCUT2D eigenvalue weighted by Gasteiger charge is -2.48. The molecule has 1 spiro atoms. The Hall–Kier alpha value is -4.34. The van der Waals surface area contributed by atoms with Crippen LogP contribution in [0.25, 0.3) is 10.9 Å². The molecule has 1 aromatic heterocycles. The molecule has 2 aliphatic carbocycles. The van der Waals surface area contributed by atoms with Gasteiger partial charge < -0.3 is 25.0 Å². The minimum Gasteiger partial charge on any atom is -0.483 e. The van der Waals surface area contributed by atoms with Crippen LogP contribution in [0.5, 0.6) is 5.75 Å². The second-order valence-corrected chi connectivity index (χ2v) is 18.2. The number of hydrogen-bond donors (Lipinski definition) is 3. The molecular formula is C39H49F2N5O8S. The van der Waals surface area contributed by atoms with Gasteiger partial charge in [-0.1, -0.05) is 50.1 Å². The van der Waals surface area contributed by atoms with Crippen molar-refractivity contribution in [3.8, 4) is 5.75 Å². The predicted octanol–water partition coefficient (Wildman–Crippen LogP) is 5.13. The van der Waals surface area contributed by atoms with E-state index >= 15 is 0 Å². The monoisotopic (exact) mass is 785 g/mol. The normalized spacial score (nSPS) is 29.1. The summed E-state index contributed by atoms with van der Waals surface area (Å²) in [5.74, 6) is -2.73. The Morgan fingerprint density at radius 1 is 1.11 bits per heavy atom. The number of benzene rings is 1. The number of amides is 4. The zero-order chi connectivity index (χ0) is 39.2. The Balaban J connectivity index is 1.26. The van der Waals surface area contributed by atoms with Crippen molar-refractivity contribution in [2.24, 2.45) is 5.92 Å². The maximum atomic E-state index is 14.7. The molecule has 13 nitrogen and oxygen atoms in total. The van der Waals surface area contributed by atoms with E-state index in [2.05, 4.69) is 20.3 Å². The highest BCUT2D eigenvalue weighted by molar-refractivity contribution is 7.91. The lowest BCUT2D eigenvalue weighted by molar-refractivity contribution is -0.144. The van der Waals surface area contributed by atoms with Crippen molar-refractivity contribution in [2.75, 3.05) is 13.2 Å². The SMILES string of the molecule is CCCOC(=O)NC1CCCCCC=CC2CCC2(C(=O)NS(=O)(=O)C2(C)CC2)NC(=O)C2CC3(CCc4c(c(C(F)F)nc5ccccc45)O3)CN2C1=O. The molecule has 4 heterocycles. The van der Waals surface area contributed by atoms with Crippen molar-refractivity contribution in [1.29, 1.82) is 0 Å². The fourth-order valence-electron chi connectivity index (χ4n) is 8.41. The van der Waals surface area contributed by atoms with E-state index in [9.17, 15) is 36.4 Å². The lowest BCUT2D eigenvalue weighted by Crippen LogP contribution is -2.70. The average Bonchev–Trinajstić information content (AvgIpc) is 3.81. The Morgan fingerprint density at radius 3 is 2.60 bits per heavy atom. The molecule has 0 bridgehead atoms. The average molecular weight is 786 g/mol. The number of nitrogens with one attached hydrogen (secondary N) is 3. The van der Waals surface area contributed by atoms with Gasteiger partial charge in [0.15, 0.2) is 5.75 Å². The highest BCUT2D eigenvalue weighted by Crippen LogP contribution is 2.48. The highest BCUT2D eigenvalue weighted by atomic mass is 32.2. The molecule has 16 heteroatoms. The van der Waals surface area contributed by atoms with Crippen LogP contribution in [0.1, 0.15) is 109 Å². The van der Waals surface area contributed by atoms with Crippen LogP contribution in [-0.2, 0) is 35.6 Å². The number of ether oxygens (including phenoxy) is 2. The molecule has 4 amide bonds. The van der Waals surface area contributed by atoms with E-state index in [4.69, 9.17) is 9.47 Å². The zero-order valence-corrected chi connectivity index (χ0v) is 32.0. The molecule has 2 aromatic rings. The van der Waals surface area contributed by atoms with Gasteiger partial charge in [0.25, 0.3) is 12.3 Å². The number of carbonyl (C=O) groups is 4. The summed E-state index contributed by atoms with van der Waals surface area (Å²) in [6, 6.07) is 4.62. The number of rotatable bonds is 7. The summed E-state index contributed by atoms with van der Waals surface area (Å²) in [4.78, 5) is 61.8. The topological polar surface area (TPSA) is 173 Å². The van der Waals surface area contributed by atoms with Crippen molar-refractivity contribution in [3.63, 3.8) is 0 Å². The number of nitrogens with zero attached hydrogens (tertiary/aromatic N) is 2. The number of aromatic nitrogens is 1. The van der Waals surface area contributed by atoms with E-state index in [0.717, 1.165) is 6.42 Å². The third kappa shape index (κ3) is 7.38. The first kappa shape index (κ1) is 38.9. The summed E-state index contributed by atoms with van der Waals surface area (Å²) in [6.45, 7) is 3.37. The molecule has 7 rings (SSSR count). The molecular weight excluding hydrogens is 737 g/mol. The predicted molar refractivity (Wildman–Crippen MR) is 198 cm³/mol. The summed E-state index contributed by atoms with van der Waals surface area (Å²) in [5.41, 5.74) is -2.48. The number of aryl methyl sites for hydroxylation is 1. The molecule has 5 atom stereocenters. The first-order valence-electron chi connectivity index (χ1n) is 19.4. The first-order valence-corrected chi connectivity index (χ1v) is 20.9. The molecule has 2 saturated carbocycles. The van der Waals surface area contributed by atoms with Crippen LogP contribution in [0.2, 0.25) is 0 Å². The van der Waals surface area contributed by atoms with Crippen molar-refractivity contribution in [2.45, 2.75) is 132 Å². The van der Waals surface area contributed by atoms with Crippen LogP contribution >= 0.6 is 0 Å². The maximum Gasteiger partial charge on any atom is 0.407 e. The summed E-state index contributed by atoms with van der Waals surface area (Å²) < 4.78 is 68.7. The second-order valence-electron chi connectivity index (χ2n) is 16.0. The van der Waals surface area contributed by atoms with Crippen LogP contribution in [0.3, 0.4) is 0 Å². The number of halogens is 2. The molecule has 0 radical (unpaired) electrons. The van der Waals surface area contributed by atoms with Gasteiger partial charge in [-0.15, -0.1) is 0 Å². The molecule has 3 aliphatic heterocycles. The zero-order valence-electron chi connectivity index (χ0n) is 31.2. The number of carbonyl (C=O) groups excluding carboxylic acids is 4. The third-order valence-corrected chi connectivity index (χ3v) is 14.3. The number of pyridine rings is 1. The van der Waals surface area contributed by atoms with Gasteiger partial charge in [-0.25, -0.2) is 27.0 Å². The van der Waals surface area contributed by atoms with Crippen LogP contribution in [0.15, 0.2) is 36.4 Å². The summed E-state index contributed by atoms with van der Waals surface area (Å²) in [6.07, 6.45) is 5.50. The highest BCUT2D eigenvalue weighted by Gasteiger charge is 2.59. The van der Waals surface area contributed by atoms with E-state index in [0.29, 0.717) is 67.8 Å². The Morgan fingerprint density at radius 2 is 1.89 bits per heavy atom.